The Morgan fingerprint density at radius 3 is 2.37 bits per heavy atom. The molecule has 0 bridgehead atoms. The van der Waals surface area contributed by atoms with Crippen molar-refractivity contribution in [2.24, 2.45) is 11.5 Å². The first-order valence-corrected chi connectivity index (χ1v) is 11.1. The van der Waals surface area contributed by atoms with E-state index in [0.29, 0.717) is 25.3 Å². The maximum absolute atomic E-state index is 12.1. The van der Waals surface area contributed by atoms with Gasteiger partial charge in [-0.3, -0.25) is 9.50 Å². The van der Waals surface area contributed by atoms with Crippen LogP contribution in [0.4, 0.5) is 0 Å². The van der Waals surface area contributed by atoms with Gasteiger partial charge in [-0.1, -0.05) is 22.0 Å². The topological polar surface area (TPSA) is 117 Å². The van der Waals surface area contributed by atoms with Crippen molar-refractivity contribution >= 4 is 42.0 Å². The summed E-state index contributed by atoms with van der Waals surface area (Å²) < 4.78 is 36.4. The molecule has 27 heavy (non-hydrogen) atoms. The van der Waals surface area contributed by atoms with Crippen molar-refractivity contribution in [3.63, 3.8) is 0 Å². The lowest BCUT2D eigenvalue weighted by atomic mass is 10.2. The monoisotopic (exact) mass is 521 g/mol. The third-order valence-corrected chi connectivity index (χ3v) is 5.90. The van der Waals surface area contributed by atoms with Crippen molar-refractivity contribution < 1.29 is 17.3 Å². The predicted molar refractivity (Wildman–Crippen MR) is 111 cm³/mol. The zero-order chi connectivity index (χ0) is 19.9. The molecule has 2 aromatic carbocycles. The van der Waals surface area contributed by atoms with E-state index >= 15 is 0 Å². The molecule has 0 aliphatic carbocycles. The first-order chi connectivity index (χ1) is 12.8. The lowest BCUT2D eigenvalue weighted by molar-refractivity contribution is 0.250. The van der Waals surface area contributed by atoms with Crippen LogP contribution in [0.2, 0.25) is 0 Å². The summed E-state index contributed by atoms with van der Waals surface area (Å²) >= 11 is 6.71. The smallest absolute Gasteiger partial charge is 0.296 e. The van der Waals surface area contributed by atoms with Gasteiger partial charge in [0.2, 0.25) is 0 Å². The van der Waals surface area contributed by atoms with Gasteiger partial charge in [-0.15, -0.1) is 0 Å². The van der Waals surface area contributed by atoms with E-state index < -0.39 is 16.4 Å². The largest absolute Gasteiger partial charge is 0.492 e. The first-order valence-electron chi connectivity index (χ1n) is 8.09. The molecule has 0 heterocycles. The van der Waals surface area contributed by atoms with Crippen molar-refractivity contribution in [3.05, 3.63) is 57.0 Å². The number of halogens is 2. The molecule has 0 atom stereocenters. The Bertz CT molecular complexity index is 846. The minimum Gasteiger partial charge on any atom is -0.492 e. The lowest BCUT2D eigenvalue weighted by Gasteiger charge is -2.12. The fourth-order valence-corrected chi connectivity index (χ4v) is 3.83. The Hall–Kier alpha value is -1.01. The molecule has 7 nitrogen and oxygen atoms in total. The van der Waals surface area contributed by atoms with E-state index in [1.807, 2.05) is 18.2 Å². The molecular formula is C17H21Br2N3O4S. The SMILES string of the molecule is NC(N)NCc1ccc(OCCCOS(=O)(=O)c2ccc(Br)cc2)c(Br)c1. The van der Waals surface area contributed by atoms with Gasteiger partial charge < -0.3 is 16.2 Å². The number of ether oxygens (including phenoxy) is 1. The molecule has 0 aromatic heterocycles. The highest BCUT2D eigenvalue weighted by atomic mass is 79.9. The second-order valence-electron chi connectivity index (χ2n) is 5.60. The number of benzene rings is 2. The van der Waals surface area contributed by atoms with E-state index in [-0.39, 0.29) is 11.5 Å². The molecule has 0 aliphatic rings. The third-order valence-electron chi connectivity index (χ3n) is 3.43. The minimum absolute atomic E-state index is 0.0341. The normalized spacial score (nSPS) is 11.7. The van der Waals surface area contributed by atoms with Crippen molar-refractivity contribution in [3.8, 4) is 5.75 Å². The Balaban J connectivity index is 1.77. The van der Waals surface area contributed by atoms with Crippen LogP contribution in [0, 0.1) is 0 Å². The van der Waals surface area contributed by atoms with Crippen LogP contribution >= 0.6 is 31.9 Å². The van der Waals surface area contributed by atoms with Crippen molar-refractivity contribution in [2.75, 3.05) is 13.2 Å². The summed E-state index contributed by atoms with van der Waals surface area (Å²) in [6.07, 6.45) is -0.151. The van der Waals surface area contributed by atoms with Crippen molar-refractivity contribution in [2.45, 2.75) is 24.2 Å². The van der Waals surface area contributed by atoms with Crippen molar-refractivity contribution in [1.29, 1.82) is 0 Å². The van der Waals surface area contributed by atoms with E-state index in [1.165, 1.54) is 12.1 Å². The van der Waals surface area contributed by atoms with Gasteiger partial charge in [0.05, 0.1) is 22.6 Å². The second kappa shape index (κ2) is 10.5. The average Bonchev–Trinajstić information content (AvgIpc) is 2.61. The standard InChI is InChI=1S/C17H21Br2N3O4S/c18-13-3-5-14(6-4-13)27(23,24)26-9-1-8-25-16-7-2-12(10-15(16)19)11-22-17(20)21/h2-7,10,17,22H,1,8-9,11,20-21H2. The molecule has 10 heteroatoms. The molecule has 0 unspecified atom stereocenters. The van der Waals surface area contributed by atoms with Gasteiger partial charge in [-0.2, -0.15) is 8.42 Å². The first kappa shape index (κ1) is 22.3. The summed E-state index contributed by atoms with van der Waals surface area (Å²) in [7, 11) is -3.76. The highest BCUT2D eigenvalue weighted by Gasteiger charge is 2.14. The fourth-order valence-electron chi connectivity index (χ4n) is 2.09. The molecule has 0 saturated heterocycles. The number of hydrogen-bond acceptors (Lipinski definition) is 7. The van der Waals surface area contributed by atoms with Gasteiger partial charge in [0, 0.05) is 17.4 Å². The van der Waals surface area contributed by atoms with Gasteiger partial charge in [0.1, 0.15) is 12.0 Å². The lowest BCUT2D eigenvalue weighted by Crippen LogP contribution is -2.44. The average molecular weight is 523 g/mol. The van der Waals surface area contributed by atoms with Crippen LogP contribution < -0.4 is 21.5 Å². The molecule has 148 valence electrons. The maximum atomic E-state index is 12.1. The highest BCUT2D eigenvalue weighted by molar-refractivity contribution is 9.10. The van der Waals surface area contributed by atoms with E-state index in [4.69, 9.17) is 20.4 Å². The second-order valence-corrected chi connectivity index (χ2v) is 8.99. The van der Waals surface area contributed by atoms with Gasteiger partial charge >= 0.3 is 0 Å². The summed E-state index contributed by atoms with van der Waals surface area (Å²) in [6, 6.07) is 11.9. The summed E-state index contributed by atoms with van der Waals surface area (Å²) in [6.45, 7) is 0.893. The fraction of sp³-hybridized carbons (Fsp3) is 0.294. The summed E-state index contributed by atoms with van der Waals surface area (Å²) in [5, 5.41) is 2.92. The summed E-state index contributed by atoms with van der Waals surface area (Å²) in [4.78, 5) is 0.121. The molecule has 0 saturated carbocycles. The van der Waals surface area contributed by atoms with Crippen molar-refractivity contribution in [1.82, 2.24) is 5.32 Å². The van der Waals surface area contributed by atoms with E-state index in [9.17, 15) is 8.42 Å². The Morgan fingerprint density at radius 2 is 1.74 bits per heavy atom. The zero-order valence-corrected chi connectivity index (χ0v) is 18.4. The van der Waals surface area contributed by atoms with Gasteiger partial charge in [0.15, 0.2) is 0 Å². The van der Waals surface area contributed by atoms with Gasteiger partial charge in [-0.25, -0.2) is 0 Å². The maximum Gasteiger partial charge on any atom is 0.296 e. The van der Waals surface area contributed by atoms with Crippen LogP contribution in [0.25, 0.3) is 0 Å². The molecule has 0 radical (unpaired) electrons. The molecule has 0 fully saturated rings. The van der Waals surface area contributed by atoms with E-state index in [1.54, 1.807) is 12.1 Å². The van der Waals surface area contributed by atoms with Crippen LogP contribution in [0.1, 0.15) is 12.0 Å². The molecular weight excluding hydrogens is 502 g/mol. The Morgan fingerprint density at radius 1 is 1.04 bits per heavy atom. The third kappa shape index (κ3) is 7.49. The van der Waals surface area contributed by atoms with Crippen LogP contribution in [0.5, 0.6) is 5.75 Å². The predicted octanol–water partition coefficient (Wildman–Crippen LogP) is 2.68. The quantitative estimate of drug-likeness (QED) is 0.249. The van der Waals surface area contributed by atoms with Crippen LogP contribution in [0.3, 0.4) is 0 Å². The van der Waals surface area contributed by atoms with Crippen LogP contribution in [0.15, 0.2) is 56.3 Å². The molecule has 2 aromatic rings. The van der Waals surface area contributed by atoms with Gasteiger partial charge in [-0.05, 0) is 57.9 Å². The number of nitrogens with one attached hydrogen (secondary N) is 1. The van der Waals surface area contributed by atoms with Gasteiger partial charge in [0.25, 0.3) is 10.1 Å². The minimum atomic E-state index is -3.76. The summed E-state index contributed by atoms with van der Waals surface area (Å²) in [5.74, 6) is 0.659. The Kier molecular flexibility index (Phi) is 8.67. The molecule has 0 spiro atoms. The number of rotatable bonds is 10. The molecule has 0 amide bonds. The molecule has 0 aliphatic heterocycles. The Labute approximate surface area is 175 Å². The van der Waals surface area contributed by atoms with Crippen LogP contribution in [-0.4, -0.2) is 27.9 Å². The molecule has 5 N–H and O–H groups in total. The molecule has 2 rings (SSSR count). The number of nitrogens with two attached hydrogens (primary N) is 2. The van der Waals surface area contributed by atoms with E-state index in [0.717, 1.165) is 14.5 Å². The van der Waals surface area contributed by atoms with E-state index in [2.05, 4.69) is 37.2 Å². The van der Waals surface area contributed by atoms with Crippen LogP contribution in [-0.2, 0) is 20.8 Å². The summed E-state index contributed by atoms with van der Waals surface area (Å²) in [5.41, 5.74) is 11.9. The zero-order valence-electron chi connectivity index (χ0n) is 14.4. The number of hydrogen-bond donors (Lipinski definition) is 3. The highest BCUT2D eigenvalue weighted by Crippen LogP contribution is 2.26.